The second-order valence-corrected chi connectivity index (χ2v) is 6.78. The Labute approximate surface area is 133 Å². The van der Waals surface area contributed by atoms with E-state index >= 15 is 0 Å². The Bertz CT molecular complexity index is 605. The van der Waals surface area contributed by atoms with E-state index in [-0.39, 0.29) is 11.9 Å². The van der Waals surface area contributed by atoms with Gasteiger partial charge in [-0.05, 0) is 61.1 Å². The predicted octanol–water partition coefficient (Wildman–Crippen LogP) is 5.19. The highest BCUT2D eigenvalue weighted by Gasteiger charge is 2.31. The summed E-state index contributed by atoms with van der Waals surface area (Å²) in [5.74, 6) is 0.484. The first-order valence-electron chi connectivity index (χ1n) is 7.39. The van der Waals surface area contributed by atoms with Crippen LogP contribution in [0.15, 0.2) is 53.0 Å². The molecule has 0 heterocycles. The van der Waals surface area contributed by atoms with Crippen LogP contribution < -0.4 is 5.32 Å². The lowest BCUT2D eigenvalue weighted by molar-refractivity contribution is 0.270. The van der Waals surface area contributed by atoms with Crippen LogP contribution >= 0.6 is 15.9 Å². The molecule has 2 aromatic carbocycles. The first-order valence-corrected chi connectivity index (χ1v) is 8.18. The van der Waals surface area contributed by atoms with Crippen molar-refractivity contribution >= 4 is 15.9 Å². The zero-order valence-electron chi connectivity index (χ0n) is 12.0. The van der Waals surface area contributed by atoms with Gasteiger partial charge >= 0.3 is 0 Å². The summed E-state index contributed by atoms with van der Waals surface area (Å²) in [6, 6.07) is 16.2. The maximum absolute atomic E-state index is 13.2. The van der Waals surface area contributed by atoms with E-state index in [9.17, 15) is 4.39 Å². The summed E-state index contributed by atoms with van der Waals surface area (Å²) >= 11 is 3.47. The Morgan fingerprint density at radius 1 is 1.14 bits per heavy atom. The molecule has 1 saturated carbocycles. The average Bonchev–Trinajstić information content (AvgIpc) is 2.43. The molecule has 3 rings (SSSR count). The minimum atomic E-state index is -0.164. The highest BCUT2D eigenvalue weighted by atomic mass is 79.9. The third kappa shape index (κ3) is 3.53. The average molecular weight is 348 g/mol. The number of nitrogens with one attached hydrogen (secondary N) is 1. The van der Waals surface area contributed by atoms with Crippen LogP contribution in [0.25, 0.3) is 0 Å². The van der Waals surface area contributed by atoms with Crippen LogP contribution in [0.1, 0.15) is 42.9 Å². The normalized spacial score (nSPS) is 22.6. The lowest BCUT2D eigenvalue weighted by atomic mass is 9.75. The first kappa shape index (κ1) is 14.7. The number of hydrogen-bond acceptors (Lipinski definition) is 1. The third-order valence-electron chi connectivity index (χ3n) is 4.31. The molecule has 0 spiro atoms. The third-order valence-corrected chi connectivity index (χ3v) is 4.84. The monoisotopic (exact) mass is 347 g/mol. The van der Waals surface area contributed by atoms with Crippen molar-refractivity contribution in [1.29, 1.82) is 0 Å². The van der Waals surface area contributed by atoms with E-state index in [2.05, 4.69) is 52.4 Å². The Balaban J connectivity index is 1.54. The van der Waals surface area contributed by atoms with Gasteiger partial charge in [-0.3, -0.25) is 0 Å². The zero-order chi connectivity index (χ0) is 14.8. The van der Waals surface area contributed by atoms with Crippen molar-refractivity contribution < 1.29 is 4.39 Å². The Hall–Kier alpha value is -1.19. The Morgan fingerprint density at radius 3 is 2.52 bits per heavy atom. The van der Waals surface area contributed by atoms with E-state index in [1.165, 1.54) is 11.6 Å². The van der Waals surface area contributed by atoms with Gasteiger partial charge < -0.3 is 5.32 Å². The molecule has 2 aromatic rings. The van der Waals surface area contributed by atoms with Gasteiger partial charge in [-0.15, -0.1) is 0 Å². The molecule has 0 radical (unpaired) electrons. The van der Waals surface area contributed by atoms with Crippen LogP contribution in [-0.4, -0.2) is 6.04 Å². The van der Waals surface area contributed by atoms with Crippen molar-refractivity contribution in [2.24, 2.45) is 0 Å². The summed E-state index contributed by atoms with van der Waals surface area (Å²) in [7, 11) is 0. The van der Waals surface area contributed by atoms with Gasteiger partial charge in [-0.1, -0.05) is 40.2 Å². The summed E-state index contributed by atoms with van der Waals surface area (Å²) in [5.41, 5.74) is 2.43. The molecule has 110 valence electrons. The van der Waals surface area contributed by atoms with E-state index < -0.39 is 0 Å². The standard InChI is InChI=1S/C18H19BrFN/c1-12(14-3-2-4-17(20)9-14)21-18-10-15(11-18)13-5-7-16(19)8-6-13/h2-9,12,15,18,21H,10-11H2,1H3. The molecule has 1 aliphatic rings. The van der Waals surface area contributed by atoms with Gasteiger partial charge in [0.05, 0.1) is 0 Å². The van der Waals surface area contributed by atoms with Crippen molar-refractivity contribution in [2.75, 3.05) is 0 Å². The fraction of sp³-hybridized carbons (Fsp3) is 0.333. The van der Waals surface area contributed by atoms with Crippen LogP contribution in [0, 0.1) is 5.82 Å². The SMILES string of the molecule is CC(NC1CC(c2ccc(Br)cc2)C1)c1cccc(F)c1. The van der Waals surface area contributed by atoms with E-state index in [4.69, 9.17) is 0 Å². The fourth-order valence-corrected chi connectivity index (χ4v) is 3.25. The molecular weight excluding hydrogens is 329 g/mol. The molecular formula is C18H19BrFN. The molecule has 1 unspecified atom stereocenters. The fourth-order valence-electron chi connectivity index (χ4n) is 2.99. The van der Waals surface area contributed by atoms with Gasteiger partial charge in [0.15, 0.2) is 0 Å². The maximum atomic E-state index is 13.2. The van der Waals surface area contributed by atoms with Gasteiger partial charge in [0, 0.05) is 16.6 Å². The van der Waals surface area contributed by atoms with Gasteiger partial charge in [0.25, 0.3) is 0 Å². The van der Waals surface area contributed by atoms with Crippen molar-refractivity contribution in [1.82, 2.24) is 5.32 Å². The summed E-state index contributed by atoms with van der Waals surface area (Å²) in [5, 5.41) is 3.60. The van der Waals surface area contributed by atoms with Crippen LogP contribution in [0.5, 0.6) is 0 Å². The lowest BCUT2D eigenvalue weighted by Gasteiger charge is -2.38. The molecule has 21 heavy (non-hydrogen) atoms. The van der Waals surface area contributed by atoms with Gasteiger partial charge in [0.1, 0.15) is 5.82 Å². The van der Waals surface area contributed by atoms with Gasteiger partial charge in [-0.2, -0.15) is 0 Å². The van der Waals surface area contributed by atoms with E-state index in [1.807, 2.05) is 6.07 Å². The Kier molecular flexibility index (Phi) is 4.41. The highest BCUT2D eigenvalue weighted by Crippen LogP contribution is 2.38. The number of halogens is 2. The minimum absolute atomic E-state index is 0.164. The highest BCUT2D eigenvalue weighted by molar-refractivity contribution is 9.10. The second-order valence-electron chi connectivity index (χ2n) is 5.86. The molecule has 0 amide bonds. The molecule has 0 aliphatic heterocycles. The summed E-state index contributed by atoms with van der Waals surface area (Å²) < 4.78 is 14.4. The molecule has 0 aromatic heterocycles. The smallest absolute Gasteiger partial charge is 0.123 e. The topological polar surface area (TPSA) is 12.0 Å². The van der Waals surface area contributed by atoms with E-state index in [0.717, 1.165) is 22.9 Å². The minimum Gasteiger partial charge on any atom is -0.307 e. The second kappa shape index (κ2) is 6.29. The zero-order valence-corrected chi connectivity index (χ0v) is 13.6. The van der Waals surface area contributed by atoms with Gasteiger partial charge in [-0.25, -0.2) is 4.39 Å². The Morgan fingerprint density at radius 2 is 1.86 bits per heavy atom. The maximum Gasteiger partial charge on any atom is 0.123 e. The summed E-state index contributed by atoms with van der Waals surface area (Å²) in [6.45, 7) is 2.10. The quantitative estimate of drug-likeness (QED) is 0.802. The summed E-state index contributed by atoms with van der Waals surface area (Å²) in [4.78, 5) is 0. The molecule has 1 fully saturated rings. The van der Waals surface area contributed by atoms with Crippen LogP contribution in [0.4, 0.5) is 4.39 Å². The van der Waals surface area contributed by atoms with E-state index in [1.54, 1.807) is 12.1 Å². The largest absolute Gasteiger partial charge is 0.307 e. The van der Waals surface area contributed by atoms with Crippen LogP contribution in [0.2, 0.25) is 0 Å². The van der Waals surface area contributed by atoms with Crippen LogP contribution in [0.3, 0.4) is 0 Å². The number of benzene rings is 2. The van der Waals surface area contributed by atoms with E-state index in [0.29, 0.717) is 12.0 Å². The lowest BCUT2D eigenvalue weighted by Crippen LogP contribution is -2.41. The van der Waals surface area contributed by atoms with Gasteiger partial charge in [0.2, 0.25) is 0 Å². The number of hydrogen-bond donors (Lipinski definition) is 1. The molecule has 1 N–H and O–H groups in total. The molecule has 1 atom stereocenters. The molecule has 3 heteroatoms. The number of rotatable bonds is 4. The van der Waals surface area contributed by atoms with Crippen molar-refractivity contribution in [3.05, 3.63) is 69.9 Å². The molecule has 1 nitrogen and oxygen atoms in total. The van der Waals surface area contributed by atoms with Crippen molar-refractivity contribution in [2.45, 2.75) is 37.8 Å². The molecule has 0 saturated heterocycles. The predicted molar refractivity (Wildman–Crippen MR) is 87.9 cm³/mol. The summed E-state index contributed by atoms with van der Waals surface area (Å²) in [6.07, 6.45) is 2.31. The van der Waals surface area contributed by atoms with Crippen molar-refractivity contribution in [3.63, 3.8) is 0 Å². The molecule has 1 aliphatic carbocycles. The van der Waals surface area contributed by atoms with Crippen molar-refractivity contribution in [3.8, 4) is 0 Å². The first-order chi connectivity index (χ1) is 10.1. The molecule has 0 bridgehead atoms. The van der Waals surface area contributed by atoms with Crippen LogP contribution in [-0.2, 0) is 0 Å².